The maximum Gasteiger partial charge on any atom is 0.161 e. The van der Waals surface area contributed by atoms with Crippen molar-refractivity contribution in [3.05, 3.63) is 60.7 Å². The fourth-order valence-electron chi connectivity index (χ4n) is 2.27. The van der Waals surface area contributed by atoms with Gasteiger partial charge in [0.05, 0.1) is 20.4 Å². The van der Waals surface area contributed by atoms with Gasteiger partial charge in [0, 0.05) is 6.07 Å². The van der Waals surface area contributed by atoms with Gasteiger partial charge in [-0.25, -0.2) is 4.68 Å². The summed E-state index contributed by atoms with van der Waals surface area (Å²) in [7, 11) is 3.21. The van der Waals surface area contributed by atoms with Crippen molar-refractivity contribution in [3.8, 4) is 23.0 Å². The quantitative estimate of drug-likeness (QED) is 0.427. The zero-order valence-electron chi connectivity index (χ0n) is 15.1. The highest BCUT2D eigenvalue weighted by Crippen LogP contribution is 2.27. The number of methoxy groups -OCH3 is 2. The lowest BCUT2D eigenvalue weighted by Crippen LogP contribution is -2.09. The molecule has 0 aliphatic rings. The molecule has 0 N–H and O–H groups in total. The average molecular weight is 368 g/mol. The Hall–Kier alpha value is -3.55. The zero-order chi connectivity index (χ0) is 18.9. The lowest BCUT2D eigenvalue weighted by Gasteiger charge is -2.12. The number of ether oxygens (including phenoxy) is 4. The topological polar surface area (TPSA) is 80.0 Å². The Morgan fingerprint density at radius 1 is 0.889 bits per heavy atom. The monoisotopic (exact) mass is 368 g/mol. The van der Waals surface area contributed by atoms with E-state index in [-0.39, 0.29) is 0 Å². The SMILES string of the molecule is COc1cccc(OCCOc2ccc(/C=N\n3cnnc3)cc2OC)c1. The number of nitrogens with zero attached hydrogens (tertiary/aromatic N) is 4. The fourth-order valence-corrected chi connectivity index (χ4v) is 2.27. The number of benzene rings is 2. The van der Waals surface area contributed by atoms with Crippen LogP contribution in [0.25, 0.3) is 0 Å². The van der Waals surface area contributed by atoms with Crippen molar-refractivity contribution in [2.24, 2.45) is 5.10 Å². The predicted octanol–water partition coefficient (Wildman–Crippen LogP) is 2.64. The van der Waals surface area contributed by atoms with Gasteiger partial charge in [-0.15, -0.1) is 10.2 Å². The molecule has 1 aromatic heterocycles. The molecule has 0 bridgehead atoms. The first kappa shape index (κ1) is 18.2. The highest BCUT2D eigenvalue weighted by atomic mass is 16.5. The van der Waals surface area contributed by atoms with Gasteiger partial charge in [0.1, 0.15) is 37.4 Å². The Balaban J connectivity index is 1.54. The van der Waals surface area contributed by atoms with E-state index in [4.69, 9.17) is 18.9 Å². The Morgan fingerprint density at radius 3 is 2.44 bits per heavy atom. The Labute approximate surface area is 157 Å². The molecule has 0 amide bonds. The van der Waals surface area contributed by atoms with Crippen molar-refractivity contribution in [3.63, 3.8) is 0 Å². The van der Waals surface area contributed by atoms with E-state index < -0.39 is 0 Å². The minimum atomic E-state index is 0.377. The smallest absolute Gasteiger partial charge is 0.161 e. The fraction of sp³-hybridized carbons (Fsp3) is 0.211. The molecule has 0 saturated carbocycles. The van der Waals surface area contributed by atoms with E-state index in [9.17, 15) is 0 Å². The van der Waals surface area contributed by atoms with Crippen LogP contribution >= 0.6 is 0 Å². The van der Waals surface area contributed by atoms with Crippen LogP contribution in [0.3, 0.4) is 0 Å². The standard InChI is InChI=1S/C19H20N4O4/c1-24-16-4-3-5-17(11-16)26-8-9-27-18-7-6-15(10-19(18)25-2)12-22-23-13-20-21-14-23/h3-7,10-14H,8-9H2,1-2H3/b22-12-. The van der Waals surface area contributed by atoms with Gasteiger partial charge in [-0.05, 0) is 35.9 Å². The van der Waals surface area contributed by atoms with Gasteiger partial charge < -0.3 is 18.9 Å². The predicted molar refractivity (Wildman–Crippen MR) is 100.0 cm³/mol. The molecule has 0 unspecified atom stereocenters. The summed E-state index contributed by atoms with van der Waals surface area (Å²) in [4.78, 5) is 0. The van der Waals surface area contributed by atoms with Gasteiger partial charge >= 0.3 is 0 Å². The van der Waals surface area contributed by atoms with Crippen LogP contribution in [0.15, 0.2) is 60.2 Å². The molecular weight excluding hydrogens is 348 g/mol. The lowest BCUT2D eigenvalue weighted by atomic mass is 10.2. The van der Waals surface area contributed by atoms with E-state index in [1.807, 2.05) is 42.5 Å². The third-order valence-corrected chi connectivity index (χ3v) is 3.59. The Morgan fingerprint density at radius 2 is 1.67 bits per heavy atom. The summed E-state index contributed by atoms with van der Waals surface area (Å²) in [5.74, 6) is 2.72. The van der Waals surface area contributed by atoms with Crippen molar-refractivity contribution in [2.75, 3.05) is 27.4 Å². The molecule has 0 aliphatic heterocycles. The molecule has 0 spiro atoms. The van der Waals surface area contributed by atoms with Gasteiger partial charge in [0.15, 0.2) is 11.5 Å². The van der Waals surface area contributed by atoms with Crippen molar-refractivity contribution >= 4 is 6.21 Å². The lowest BCUT2D eigenvalue weighted by molar-refractivity contribution is 0.211. The second kappa shape index (κ2) is 9.23. The van der Waals surface area contributed by atoms with Gasteiger partial charge in [-0.3, -0.25) is 0 Å². The molecule has 2 aromatic carbocycles. The molecule has 1 heterocycles. The number of hydrogen-bond donors (Lipinski definition) is 0. The van der Waals surface area contributed by atoms with E-state index in [1.165, 1.54) is 17.3 Å². The highest BCUT2D eigenvalue weighted by Gasteiger charge is 2.05. The maximum atomic E-state index is 5.76. The van der Waals surface area contributed by atoms with Crippen molar-refractivity contribution in [1.82, 2.24) is 14.9 Å². The molecule has 3 aromatic rings. The minimum Gasteiger partial charge on any atom is -0.497 e. The Kier molecular flexibility index (Phi) is 6.24. The molecule has 8 heteroatoms. The molecule has 0 saturated heterocycles. The van der Waals surface area contributed by atoms with E-state index in [1.54, 1.807) is 20.4 Å². The molecule has 0 radical (unpaired) electrons. The molecule has 27 heavy (non-hydrogen) atoms. The van der Waals surface area contributed by atoms with Crippen molar-refractivity contribution < 1.29 is 18.9 Å². The first-order valence-electron chi connectivity index (χ1n) is 8.25. The second-order valence-corrected chi connectivity index (χ2v) is 5.37. The van der Waals surface area contributed by atoms with Crippen LogP contribution in [-0.2, 0) is 0 Å². The highest BCUT2D eigenvalue weighted by molar-refractivity contribution is 5.80. The molecule has 8 nitrogen and oxygen atoms in total. The van der Waals surface area contributed by atoms with E-state index in [0.29, 0.717) is 24.7 Å². The van der Waals surface area contributed by atoms with Crippen molar-refractivity contribution in [2.45, 2.75) is 0 Å². The minimum absolute atomic E-state index is 0.377. The third kappa shape index (κ3) is 5.21. The second-order valence-electron chi connectivity index (χ2n) is 5.37. The number of rotatable bonds is 9. The van der Waals surface area contributed by atoms with Gasteiger partial charge in [0.25, 0.3) is 0 Å². The normalized spacial score (nSPS) is 10.7. The van der Waals surface area contributed by atoms with Crippen LogP contribution in [0.2, 0.25) is 0 Å². The molecule has 0 fully saturated rings. The van der Waals surface area contributed by atoms with Gasteiger partial charge in [-0.1, -0.05) is 6.07 Å². The van der Waals surface area contributed by atoms with Crippen LogP contribution in [0.5, 0.6) is 23.0 Å². The van der Waals surface area contributed by atoms with Crippen LogP contribution in [-0.4, -0.2) is 48.5 Å². The van der Waals surface area contributed by atoms with Crippen LogP contribution in [0.1, 0.15) is 5.56 Å². The van der Waals surface area contributed by atoms with Gasteiger partial charge in [-0.2, -0.15) is 5.10 Å². The van der Waals surface area contributed by atoms with Crippen molar-refractivity contribution in [1.29, 1.82) is 0 Å². The maximum absolute atomic E-state index is 5.76. The number of aromatic nitrogens is 3. The first-order valence-corrected chi connectivity index (χ1v) is 8.25. The number of hydrogen-bond acceptors (Lipinski definition) is 7. The third-order valence-electron chi connectivity index (χ3n) is 3.59. The summed E-state index contributed by atoms with van der Waals surface area (Å²) >= 11 is 0. The summed E-state index contributed by atoms with van der Waals surface area (Å²) < 4.78 is 23.5. The summed E-state index contributed by atoms with van der Waals surface area (Å²) in [6.45, 7) is 0.773. The molecule has 140 valence electrons. The van der Waals surface area contributed by atoms with E-state index >= 15 is 0 Å². The summed E-state index contributed by atoms with van der Waals surface area (Å²) in [5.41, 5.74) is 0.862. The van der Waals surface area contributed by atoms with E-state index in [0.717, 1.165) is 17.1 Å². The molecule has 0 atom stereocenters. The van der Waals surface area contributed by atoms with Crippen LogP contribution < -0.4 is 18.9 Å². The first-order chi connectivity index (χ1) is 13.3. The molecule has 0 aliphatic carbocycles. The van der Waals surface area contributed by atoms with Crippen LogP contribution in [0.4, 0.5) is 0 Å². The Bertz CT molecular complexity index is 881. The zero-order valence-corrected chi connectivity index (χ0v) is 15.1. The van der Waals surface area contributed by atoms with Gasteiger partial charge in [0.2, 0.25) is 0 Å². The van der Waals surface area contributed by atoms with E-state index in [2.05, 4.69) is 15.3 Å². The van der Waals surface area contributed by atoms with Crippen LogP contribution in [0, 0.1) is 0 Å². The summed E-state index contributed by atoms with van der Waals surface area (Å²) in [6, 6.07) is 13.0. The largest absolute Gasteiger partial charge is 0.497 e. The molecular formula is C19H20N4O4. The summed E-state index contributed by atoms with van der Waals surface area (Å²) in [6.07, 6.45) is 4.70. The summed E-state index contributed by atoms with van der Waals surface area (Å²) in [5, 5.41) is 11.6. The average Bonchev–Trinajstić information content (AvgIpc) is 3.24. The molecule has 3 rings (SSSR count).